The second-order valence-corrected chi connectivity index (χ2v) is 4.43. The van der Waals surface area contributed by atoms with Crippen molar-refractivity contribution in [2.45, 2.75) is 18.9 Å². The lowest BCUT2D eigenvalue weighted by Crippen LogP contribution is -2.52. The van der Waals surface area contributed by atoms with Gasteiger partial charge in [-0.05, 0) is 36.8 Å². The van der Waals surface area contributed by atoms with Crippen LogP contribution in [0.15, 0.2) is 24.3 Å². The first-order valence-corrected chi connectivity index (χ1v) is 5.80. The van der Waals surface area contributed by atoms with Gasteiger partial charge in [-0.3, -0.25) is 0 Å². The summed E-state index contributed by atoms with van der Waals surface area (Å²) in [5.41, 5.74) is 1.30. The van der Waals surface area contributed by atoms with Crippen molar-refractivity contribution in [3.05, 3.63) is 29.8 Å². The van der Waals surface area contributed by atoms with Crippen molar-refractivity contribution in [1.82, 2.24) is 10.6 Å². The zero-order valence-electron chi connectivity index (χ0n) is 9.49. The smallest absolute Gasteiger partial charge is 0.166 e. The molecule has 1 saturated heterocycles. The third-order valence-electron chi connectivity index (χ3n) is 2.99. The van der Waals surface area contributed by atoms with Crippen LogP contribution in [0.1, 0.15) is 18.4 Å². The summed E-state index contributed by atoms with van der Waals surface area (Å²) in [6, 6.07) is 8.57. The van der Waals surface area contributed by atoms with E-state index in [1.165, 1.54) is 5.56 Å². The first-order chi connectivity index (χ1) is 7.70. The molecule has 1 heterocycles. The van der Waals surface area contributed by atoms with Gasteiger partial charge in [-0.2, -0.15) is 0 Å². The van der Waals surface area contributed by atoms with Gasteiger partial charge < -0.3 is 15.4 Å². The summed E-state index contributed by atoms with van der Waals surface area (Å²) in [6.07, 6.45) is 0. The molecule has 2 N–H and O–H groups in total. The quantitative estimate of drug-likeness (QED) is 0.765. The summed E-state index contributed by atoms with van der Waals surface area (Å²) >= 11 is 5.08. The molecule has 3 nitrogen and oxygen atoms in total. The van der Waals surface area contributed by atoms with E-state index in [4.69, 9.17) is 17.0 Å². The number of methoxy groups -OCH3 is 1. The minimum Gasteiger partial charge on any atom is -0.497 e. The molecule has 1 aliphatic rings. The van der Waals surface area contributed by atoms with Crippen molar-refractivity contribution in [2.75, 3.05) is 13.7 Å². The fraction of sp³-hybridized carbons (Fsp3) is 0.417. The van der Waals surface area contributed by atoms with Crippen LogP contribution in [0.4, 0.5) is 0 Å². The lowest BCUT2D eigenvalue weighted by molar-refractivity contribution is 0.414. The van der Waals surface area contributed by atoms with Gasteiger partial charge in [-0.1, -0.05) is 12.1 Å². The molecule has 0 amide bonds. The Balaban J connectivity index is 2.14. The van der Waals surface area contributed by atoms with Gasteiger partial charge in [0.15, 0.2) is 5.11 Å². The molecule has 2 atom stereocenters. The van der Waals surface area contributed by atoms with Crippen molar-refractivity contribution in [2.24, 2.45) is 0 Å². The second-order valence-electron chi connectivity index (χ2n) is 4.02. The van der Waals surface area contributed by atoms with Crippen molar-refractivity contribution in [1.29, 1.82) is 0 Å². The first-order valence-electron chi connectivity index (χ1n) is 5.39. The zero-order chi connectivity index (χ0) is 11.5. The monoisotopic (exact) mass is 236 g/mol. The highest BCUT2D eigenvalue weighted by Gasteiger charge is 2.24. The molecule has 0 radical (unpaired) electrons. The Kier molecular flexibility index (Phi) is 3.29. The maximum Gasteiger partial charge on any atom is 0.166 e. The number of ether oxygens (including phenoxy) is 1. The normalized spacial score (nSPS) is 24.5. The zero-order valence-corrected chi connectivity index (χ0v) is 10.3. The van der Waals surface area contributed by atoms with E-state index in [1.807, 2.05) is 12.1 Å². The number of thiocarbonyl (C=S) groups is 1. The lowest BCUT2D eigenvalue weighted by Gasteiger charge is -2.32. The summed E-state index contributed by atoms with van der Waals surface area (Å²) in [5, 5.41) is 7.17. The molecule has 0 unspecified atom stereocenters. The number of benzene rings is 1. The molecule has 0 bridgehead atoms. The molecule has 2 rings (SSSR count). The third kappa shape index (κ3) is 2.27. The maximum atomic E-state index is 5.15. The van der Waals surface area contributed by atoms with Crippen molar-refractivity contribution < 1.29 is 4.74 Å². The Morgan fingerprint density at radius 2 is 2.00 bits per heavy atom. The molecular weight excluding hydrogens is 220 g/mol. The Morgan fingerprint density at radius 1 is 1.31 bits per heavy atom. The van der Waals surface area contributed by atoms with Crippen molar-refractivity contribution >= 4 is 17.3 Å². The van der Waals surface area contributed by atoms with E-state index in [-0.39, 0.29) is 0 Å². The van der Waals surface area contributed by atoms with Crippen molar-refractivity contribution in [3.8, 4) is 5.75 Å². The Bertz CT molecular complexity index is 377. The van der Waals surface area contributed by atoms with Gasteiger partial charge in [0.2, 0.25) is 0 Å². The highest BCUT2D eigenvalue weighted by atomic mass is 32.1. The molecular formula is C12H16N2OS. The molecule has 1 aromatic carbocycles. The van der Waals surface area contributed by atoms with Crippen LogP contribution in [-0.4, -0.2) is 24.8 Å². The van der Waals surface area contributed by atoms with Gasteiger partial charge in [0.05, 0.1) is 7.11 Å². The third-order valence-corrected chi connectivity index (χ3v) is 3.25. The molecule has 1 aliphatic heterocycles. The minimum atomic E-state index is 0.363. The summed E-state index contributed by atoms with van der Waals surface area (Å²) in [7, 11) is 1.68. The minimum absolute atomic E-state index is 0.363. The molecule has 0 spiro atoms. The summed E-state index contributed by atoms with van der Waals surface area (Å²) in [6.45, 7) is 3.04. The summed E-state index contributed by atoms with van der Waals surface area (Å²) in [4.78, 5) is 0. The predicted molar refractivity (Wildman–Crippen MR) is 68.9 cm³/mol. The van der Waals surface area contributed by atoms with Crippen LogP contribution < -0.4 is 15.4 Å². The van der Waals surface area contributed by atoms with Crippen LogP contribution in [-0.2, 0) is 0 Å². The molecule has 1 aromatic rings. The van der Waals surface area contributed by atoms with Crippen LogP contribution in [0.5, 0.6) is 5.75 Å². The topological polar surface area (TPSA) is 33.3 Å². The van der Waals surface area contributed by atoms with Crippen LogP contribution in [0.25, 0.3) is 0 Å². The van der Waals surface area contributed by atoms with Crippen LogP contribution in [0, 0.1) is 0 Å². The van der Waals surface area contributed by atoms with E-state index < -0.39 is 0 Å². The average molecular weight is 236 g/mol. The first kappa shape index (κ1) is 11.2. The van der Waals surface area contributed by atoms with E-state index >= 15 is 0 Å². The molecule has 16 heavy (non-hydrogen) atoms. The molecule has 4 heteroatoms. The molecule has 0 aromatic heterocycles. The van der Waals surface area contributed by atoms with E-state index in [0.29, 0.717) is 12.0 Å². The van der Waals surface area contributed by atoms with Gasteiger partial charge in [0, 0.05) is 18.5 Å². The second kappa shape index (κ2) is 4.70. The molecule has 0 saturated carbocycles. The highest BCUT2D eigenvalue weighted by molar-refractivity contribution is 7.80. The standard InChI is InChI=1S/C12H16N2OS/c1-8-11(7-13-12(16)14-8)9-3-5-10(15-2)6-4-9/h3-6,8,11H,7H2,1-2H3,(H2,13,14,16)/t8-,11-/m1/s1. The van der Waals surface area contributed by atoms with Gasteiger partial charge in [-0.15, -0.1) is 0 Å². The summed E-state index contributed by atoms with van der Waals surface area (Å²) < 4.78 is 5.15. The Morgan fingerprint density at radius 3 is 2.56 bits per heavy atom. The van der Waals surface area contributed by atoms with Gasteiger partial charge in [0.1, 0.15) is 5.75 Å². The van der Waals surface area contributed by atoms with Crippen molar-refractivity contribution in [3.63, 3.8) is 0 Å². The van der Waals surface area contributed by atoms with Gasteiger partial charge >= 0.3 is 0 Å². The Labute approximate surface area is 101 Å². The predicted octanol–water partition coefficient (Wildman–Crippen LogP) is 1.65. The maximum absolute atomic E-state index is 5.15. The number of nitrogens with one attached hydrogen (secondary N) is 2. The Hall–Kier alpha value is -1.29. The van der Waals surface area contributed by atoms with E-state index in [9.17, 15) is 0 Å². The lowest BCUT2D eigenvalue weighted by atomic mass is 9.91. The van der Waals surface area contributed by atoms with Crippen LogP contribution >= 0.6 is 12.2 Å². The largest absolute Gasteiger partial charge is 0.497 e. The highest BCUT2D eigenvalue weighted by Crippen LogP contribution is 2.23. The SMILES string of the molecule is COc1ccc([C@@H]2CNC(=S)N[C@@H]2C)cc1. The molecule has 0 aliphatic carbocycles. The summed E-state index contributed by atoms with van der Waals surface area (Å²) in [5.74, 6) is 1.33. The molecule has 1 fully saturated rings. The van der Waals surface area contributed by atoms with E-state index in [2.05, 4.69) is 29.7 Å². The average Bonchev–Trinajstić information content (AvgIpc) is 2.29. The van der Waals surface area contributed by atoms with E-state index in [1.54, 1.807) is 7.11 Å². The fourth-order valence-corrected chi connectivity index (χ4v) is 2.26. The number of hydrogen-bond acceptors (Lipinski definition) is 2. The molecule has 86 valence electrons. The fourth-order valence-electron chi connectivity index (χ4n) is 2.00. The van der Waals surface area contributed by atoms with Crippen LogP contribution in [0.3, 0.4) is 0 Å². The number of rotatable bonds is 2. The van der Waals surface area contributed by atoms with Crippen LogP contribution in [0.2, 0.25) is 0 Å². The van der Waals surface area contributed by atoms with E-state index in [0.717, 1.165) is 17.4 Å². The van der Waals surface area contributed by atoms with Gasteiger partial charge in [-0.25, -0.2) is 0 Å². The number of hydrogen-bond donors (Lipinski definition) is 2. The van der Waals surface area contributed by atoms with Gasteiger partial charge in [0.25, 0.3) is 0 Å².